The highest BCUT2D eigenvalue weighted by atomic mass is 16.5. The van der Waals surface area contributed by atoms with Crippen molar-refractivity contribution < 1.29 is 9.53 Å². The first-order valence-corrected chi connectivity index (χ1v) is 7.53. The minimum absolute atomic E-state index is 0.188. The van der Waals surface area contributed by atoms with Crippen molar-refractivity contribution in [2.75, 3.05) is 0 Å². The Bertz CT molecular complexity index is 714. The first-order chi connectivity index (χ1) is 11.0. The summed E-state index contributed by atoms with van der Waals surface area (Å²) in [6.07, 6.45) is 3.18. The number of hydrogen-bond acceptors (Lipinski definition) is 3. The summed E-state index contributed by atoms with van der Waals surface area (Å²) >= 11 is 0. The summed E-state index contributed by atoms with van der Waals surface area (Å²) in [6.45, 7) is 9.19. The summed E-state index contributed by atoms with van der Waals surface area (Å²) in [6, 6.07) is 10.2. The molecule has 0 amide bonds. The molecule has 0 fully saturated rings. The molecule has 4 heteroatoms. The standard InChI is InChI=1S/C19H22N2O2/c1-5-9-16-17(13-23-19(22)14(2)3)21(4)18(20-16)12-15-10-7-6-8-11-15/h5-8,10-11H,1-2,9,12-13H2,3-4H3. The molecule has 2 aromatic rings. The predicted molar refractivity (Wildman–Crippen MR) is 91.0 cm³/mol. The Morgan fingerprint density at radius 2 is 2.04 bits per heavy atom. The monoisotopic (exact) mass is 310 g/mol. The number of carbonyl (C=O) groups is 1. The van der Waals surface area contributed by atoms with Gasteiger partial charge in [-0.3, -0.25) is 0 Å². The Labute approximate surface area is 137 Å². The molecule has 0 bridgehead atoms. The minimum Gasteiger partial charge on any atom is -0.456 e. The third kappa shape index (κ3) is 4.19. The average molecular weight is 310 g/mol. The van der Waals surface area contributed by atoms with Crippen LogP contribution < -0.4 is 0 Å². The molecule has 0 saturated carbocycles. The lowest BCUT2D eigenvalue weighted by Gasteiger charge is -2.08. The zero-order valence-electron chi connectivity index (χ0n) is 13.7. The third-order valence-electron chi connectivity index (χ3n) is 3.62. The number of esters is 1. The highest BCUT2D eigenvalue weighted by Crippen LogP contribution is 2.17. The molecule has 2 rings (SSSR count). The van der Waals surface area contributed by atoms with Crippen molar-refractivity contribution in [2.24, 2.45) is 7.05 Å². The second-order valence-electron chi connectivity index (χ2n) is 5.49. The van der Waals surface area contributed by atoms with Gasteiger partial charge in [0.15, 0.2) is 0 Å². The summed E-state index contributed by atoms with van der Waals surface area (Å²) < 4.78 is 7.28. The molecule has 0 radical (unpaired) electrons. The quantitative estimate of drug-likeness (QED) is 0.447. The first-order valence-electron chi connectivity index (χ1n) is 7.53. The number of imidazole rings is 1. The fourth-order valence-electron chi connectivity index (χ4n) is 2.32. The van der Waals surface area contributed by atoms with Gasteiger partial charge in [0, 0.05) is 25.5 Å². The van der Waals surface area contributed by atoms with Gasteiger partial charge in [-0.2, -0.15) is 0 Å². The summed E-state index contributed by atoms with van der Waals surface area (Å²) in [4.78, 5) is 16.3. The molecular weight excluding hydrogens is 288 g/mol. The van der Waals surface area contributed by atoms with Crippen molar-refractivity contribution in [2.45, 2.75) is 26.4 Å². The number of aromatic nitrogens is 2. The molecule has 0 spiro atoms. The Morgan fingerprint density at radius 3 is 2.65 bits per heavy atom. The number of allylic oxidation sites excluding steroid dienone is 1. The van der Waals surface area contributed by atoms with Gasteiger partial charge in [0.25, 0.3) is 0 Å². The number of hydrogen-bond donors (Lipinski definition) is 0. The molecule has 0 aliphatic heterocycles. The molecule has 1 heterocycles. The van der Waals surface area contributed by atoms with Gasteiger partial charge < -0.3 is 9.30 Å². The van der Waals surface area contributed by atoms with E-state index in [1.54, 1.807) is 13.0 Å². The van der Waals surface area contributed by atoms with Crippen LogP contribution in [0.4, 0.5) is 0 Å². The van der Waals surface area contributed by atoms with Crippen LogP contribution in [0.15, 0.2) is 55.1 Å². The third-order valence-corrected chi connectivity index (χ3v) is 3.62. The molecule has 0 unspecified atom stereocenters. The summed E-state index contributed by atoms with van der Waals surface area (Å²) in [5.74, 6) is 0.551. The van der Waals surface area contributed by atoms with E-state index < -0.39 is 0 Å². The number of benzene rings is 1. The van der Waals surface area contributed by atoms with Gasteiger partial charge in [-0.15, -0.1) is 6.58 Å². The van der Waals surface area contributed by atoms with Crippen LogP contribution in [0.1, 0.15) is 29.7 Å². The van der Waals surface area contributed by atoms with Crippen LogP contribution in [0.3, 0.4) is 0 Å². The molecule has 0 aliphatic carbocycles. The Balaban J connectivity index is 2.24. The van der Waals surface area contributed by atoms with Gasteiger partial charge in [-0.25, -0.2) is 9.78 Å². The highest BCUT2D eigenvalue weighted by Gasteiger charge is 2.16. The molecule has 23 heavy (non-hydrogen) atoms. The average Bonchev–Trinajstić information content (AvgIpc) is 2.82. The minimum atomic E-state index is -0.389. The fraction of sp³-hybridized carbons (Fsp3) is 0.263. The van der Waals surface area contributed by atoms with E-state index in [0.29, 0.717) is 12.0 Å². The van der Waals surface area contributed by atoms with Crippen LogP contribution in [-0.4, -0.2) is 15.5 Å². The van der Waals surface area contributed by atoms with Crippen LogP contribution in [0.5, 0.6) is 0 Å². The Morgan fingerprint density at radius 1 is 1.35 bits per heavy atom. The van der Waals surface area contributed by atoms with E-state index in [4.69, 9.17) is 9.72 Å². The maximum absolute atomic E-state index is 11.6. The van der Waals surface area contributed by atoms with Gasteiger partial charge in [0.05, 0.1) is 11.4 Å². The molecule has 1 aromatic carbocycles. The zero-order chi connectivity index (χ0) is 16.8. The number of nitrogens with zero attached hydrogens (tertiary/aromatic N) is 2. The van der Waals surface area contributed by atoms with Crippen molar-refractivity contribution in [1.82, 2.24) is 9.55 Å². The lowest BCUT2D eigenvalue weighted by Crippen LogP contribution is -2.10. The van der Waals surface area contributed by atoms with Gasteiger partial charge >= 0.3 is 5.97 Å². The van der Waals surface area contributed by atoms with E-state index in [0.717, 1.165) is 23.6 Å². The lowest BCUT2D eigenvalue weighted by molar-refractivity contribution is -0.140. The van der Waals surface area contributed by atoms with E-state index in [2.05, 4.69) is 25.3 Å². The van der Waals surface area contributed by atoms with Crippen molar-refractivity contribution in [3.8, 4) is 0 Å². The number of rotatable bonds is 7. The largest absolute Gasteiger partial charge is 0.456 e. The van der Waals surface area contributed by atoms with Gasteiger partial charge in [0.2, 0.25) is 0 Å². The second kappa shape index (κ2) is 7.58. The van der Waals surface area contributed by atoms with Crippen LogP contribution in [0.25, 0.3) is 0 Å². The number of carbonyl (C=O) groups excluding carboxylic acids is 1. The maximum Gasteiger partial charge on any atom is 0.333 e. The summed E-state index contributed by atoms with van der Waals surface area (Å²) in [5, 5.41) is 0. The van der Waals surface area contributed by atoms with E-state index in [1.165, 1.54) is 5.56 Å². The normalized spacial score (nSPS) is 10.3. The van der Waals surface area contributed by atoms with Gasteiger partial charge in [-0.05, 0) is 12.5 Å². The van der Waals surface area contributed by atoms with Crippen molar-refractivity contribution in [3.63, 3.8) is 0 Å². The van der Waals surface area contributed by atoms with E-state index >= 15 is 0 Å². The van der Waals surface area contributed by atoms with Crippen LogP contribution in [0.2, 0.25) is 0 Å². The fourth-order valence-corrected chi connectivity index (χ4v) is 2.32. The smallest absolute Gasteiger partial charge is 0.333 e. The zero-order valence-corrected chi connectivity index (χ0v) is 13.7. The van der Waals surface area contributed by atoms with Crippen molar-refractivity contribution in [3.05, 3.63) is 77.9 Å². The SMILES string of the molecule is C=CCc1nc(Cc2ccccc2)n(C)c1COC(=O)C(=C)C. The van der Waals surface area contributed by atoms with Gasteiger partial charge in [-0.1, -0.05) is 43.0 Å². The second-order valence-corrected chi connectivity index (χ2v) is 5.49. The predicted octanol–water partition coefficient (Wildman–Crippen LogP) is 3.36. The molecule has 1 aromatic heterocycles. The Kier molecular flexibility index (Phi) is 5.52. The molecule has 0 N–H and O–H groups in total. The molecule has 0 atom stereocenters. The van der Waals surface area contributed by atoms with Crippen molar-refractivity contribution >= 4 is 5.97 Å². The highest BCUT2D eigenvalue weighted by molar-refractivity contribution is 5.86. The molecular formula is C19H22N2O2. The Hall–Kier alpha value is -2.62. The molecule has 120 valence electrons. The maximum atomic E-state index is 11.6. The van der Waals surface area contributed by atoms with E-state index in [9.17, 15) is 4.79 Å². The topological polar surface area (TPSA) is 44.1 Å². The molecule has 4 nitrogen and oxygen atoms in total. The molecule has 0 aliphatic rings. The number of ether oxygens (including phenoxy) is 1. The first kappa shape index (κ1) is 16.7. The summed E-state index contributed by atoms with van der Waals surface area (Å²) in [5.41, 5.74) is 3.37. The van der Waals surface area contributed by atoms with E-state index in [-0.39, 0.29) is 12.6 Å². The van der Waals surface area contributed by atoms with E-state index in [1.807, 2.05) is 29.8 Å². The van der Waals surface area contributed by atoms with Crippen LogP contribution >= 0.6 is 0 Å². The van der Waals surface area contributed by atoms with Crippen LogP contribution in [-0.2, 0) is 36.0 Å². The van der Waals surface area contributed by atoms with Gasteiger partial charge in [0.1, 0.15) is 12.4 Å². The molecule has 0 saturated heterocycles. The lowest BCUT2D eigenvalue weighted by atomic mass is 10.1. The van der Waals surface area contributed by atoms with Crippen LogP contribution in [0, 0.1) is 0 Å². The summed E-state index contributed by atoms with van der Waals surface area (Å²) in [7, 11) is 1.95. The van der Waals surface area contributed by atoms with Crippen molar-refractivity contribution in [1.29, 1.82) is 0 Å².